The van der Waals surface area contributed by atoms with Crippen LogP contribution in [0.4, 0.5) is 10.6 Å². The van der Waals surface area contributed by atoms with Crippen LogP contribution in [-0.4, -0.2) is 62.0 Å². The van der Waals surface area contributed by atoms with Crippen molar-refractivity contribution in [3.05, 3.63) is 73.6 Å². The molecule has 46 heavy (non-hydrogen) atoms. The Morgan fingerprint density at radius 1 is 0.978 bits per heavy atom. The molecule has 3 heterocycles. The minimum atomic E-state index is -1.10. The fourth-order valence-corrected chi connectivity index (χ4v) is 5.09. The highest BCUT2D eigenvalue weighted by Gasteiger charge is 2.30. The average molecular weight is 627 g/mol. The predicted molar refractivity (Wildman–Crippen MR) is 172 cm³/mol. The second-order valence-corrected chi connectivity index (χ2v) is 11.7. The lowest BCUT2D eigenvalue weighted by Crippen LogP contribution is -2.40. The van der Waals surface area contributed by atoms with Gasteiger partial charge < -0.3 is 19.1 Å². The number of nitrogens with zero attached hydrogens (tertiary/aromatic N) is 5. The van der Waals surface area contributed by atoms with E-state index in [-0.39, 0.29) is 29.6 Å². The summed E-state index contributed by atoms with van der Waals surface area (Å²) in [5.41, 5.74) is 1.74. The summed E-state index contributed by atoms with van der Waals surface area (Å²) in [5, 5.41) is 8.19. The highest BCUT2D eigenvalue weighted by molar-refractivity contribution is 6.03. The number of benzene rings is 2. The van der Waals surface area contributed by atoms with Crippen LogP contribution in [0.5, 0.6) is 11.5 Å². The molecule has 0 bridgehead atoms. The van der Waals surface area contributed by atoms with E-state index >= 15 is 0 Å². The zero-order valence-electron chi connectivity index (χ0n) is 26.4. The Kier molecular flexibility index (Phi) is 9.94. The van der Waals surface area contributed by atoms with Gasteiger partial charge in [0, 0.05) is 24.6 Å². The number of likely N-dealkylation sites (tertiary alicyclic amines) is 1. The number of anilines is 1. The number of rotatable bonds is 10. The number of hydrogen-bond acceptors (Lipinski definition) is 9. The number of fused-ring (bicyclic) bond motifs is 1. The summed E-state index contributed by atoms with van der Waals surface area (Å²) in [4.78, 5) is 48.5. The second kappa shape index (κ2) is 14.2. The minimum Gasteiger partial charge on any atom is -0.457 e. The maximum atomic E-state index is 13.2. The number of para-hydroxylation sites is 1. The number of amides is 2. The first-order chi connectivity index (χ1) is 22.1. The number of hydrogen-bond donors (Lipinski definition) is 1. The van der Waals surface area contributed by atoms with Gasteiger partial charge >= 0.3 is 12.1 Å². The zero-order valence-corrected chi connectivity index (χ0v) is 26.4. The Labute approximate surface area is 267 Å². The van der Waals surface area contributed by atoms with E-state index in [4.69, 9.17) is 19.3 Å². The van der Waals surface area contributed by atoms with Crippen molar-refractivity contribution in [1.82, 2.24) is 24.6 Å². The van der Waals surface area contributed by atoms with E-state index < -0.39 is 18.4 Å². The molecule has 0 saturated carbocycles. The van der Waals surface area contributed by atoms with Crippen LogP contribution in [0.3, 0.4) is 0 Å². The smallest absolute Gasteiger partial charge is 0.415 e. The van der Waals surface area contributed by atoms with Crippen LogP contribution in [0.15, 0.2) is 73.6 Å². The molecule has 5 rings (SSSR count). The van der Waals surface area contributed by atoms with Gasteiger partial charge in [-0.1, -0.05) is 52.5 Å². The summed E-state index contributed by atoms with van der Waals surface area (Å²) in [6.45, 7) is 11.7. The number of aromatic nitrogens is 4. The van der Waals surface area contributed by atoms with Gasteiger partial charge in [0.15, 0.2) is 11.5 Å². The van der Waals surface area contributed by atoms with E-state index in [9.17, 15) is 14.4 Å². The lowest BCUT2D eigenvalue weighted by atomic mass is 10.1. The Balaban J connectivity index is 1.50. The van der Waals surface area contributed by atoms with Crippen molar-refractivity contribution in [2.75, 3.05) is 18.4 Å². The van der Waals surface area contributed by atoms with Crippen molar-refractivity contribution in [1.29, 1.82) is 0 Å². The summed E-state index contributed by atoms with van der Waals surface area (Å²) in [6.07, 6.45) is 2.26. The SMILES string of the molecule is C=CC(=O)N1CCC[C@@H](n2nc(-c3ccc(Oc4ccccc4)cc3)c3c(NC(=O)O[C@H](OC(=O)C(C)C)C(C)C)ncnc32)C1. The summed E-state index contributed by atoms with van der Waals surface area (Å²) < 4.78 is 18.7. The molecule has 4 aromatic rings. The van der Waals surface area contributed by atoms with Crippen LogP contribution < -0.4 is 10.1 Å². The predicted octanol–water partition coefficient (Wildman–Crippen LogP) is 6.36. The van der Waals surface area contributed by atoms with Gasteiger partial charge in [-0.15, -0.1) is 0 Å². The molecule has 12 nitrogen and oxygen atoms in total. The molecule has 1 aliphatic rings. The van der Waals surface area contributed by atoms with Crippen LogP contribution in [0.25, 0.3) is 22.3 Å². The first kappa shape index (κ1) is 32.1. The van der Waals surface area contributed by atoms with Gasteiger partial charge in [-0.25, -0.2) is 19.4 Å². The maximum absolute atomic E-state index is 13.2. The molecule has 2 aromatic heterocycles. The maximum Gasteiger partial charge on any atom is 0.415 e. The number of ether oxygens (including phenoxy) is 3. The number of carbonyl (C=O) groups excluding carboxylic acids is 3. The fourth-order valence-electron chi connectivity index (χ4n) is 5.09. The number of nitrogens with one attached hydrogen (secondary N) is 1. The Bertz CT molecular complexity index is 1700. The third-order valence-electron chi connectivity index (χ3n) is 7.52. The monoisotopic (exact) mass is 626 g/mol. The van der Waals surface area contributed by atoms with Gasteiger partial charge in [-0.3, -0.25) is 14.9 Å². The van der Waals surface area contributed by atoms with Crippen molar-refractivity contribution in [3.63, 3.8) is 0 Å². The molecule has 1 aliphatic heterocycles. The Morgan fingerprint density at radius 2 is 1.70 bits per heavy atom. The summed E-state index contributed by atoms with van der Waals surface area (Å²) in [6, 6.07) is 16.7. The van der Waals surface area contributed by atoms with Gasteiger partial charge in [-0.2, -0.15) is 5.10 Å². The van der Waals surface area contributed by atoms with E-state index in [1.807, 2.05) is 54.6 Å². The lowest BCUT2D eigenvalue weighted by Gasteiger charge is -2.32. The van der Waals surface area contributed by atoms with Gasteiger partial charge in [0.05, 0.1) is 17.3 Å². The van der Waals surface area contributed by atoms with Gasteiger partial charge in [0.1, 0.15) is 23.5 Å². The van der Waals surface area contributed by atoms with Crippen LogP contribution in [0.1, 0.15) is 46.6 Å². The lowest BCUT2D eigenvalue weighted by molar-refractivity contribution is -0.177. The molecule has 0 spiro atoms. The largest absolute Gasteiger partial charge is 0.457 e. The molecular formula is C34H38N6O6. The van der Waals surface area contributed by atoms with Crippen LogP contribution in [0.2, 0.25) is 0 Å². The minimum absolute atomic E-state index is 0.145. The molecule has 1 N–H and O–H groups in total. The molecule has 12 heteroatoms. The number of carbonyl (C=O) groups is 3. The molecule has 0 unspecified atom stereocenters. The fraction of sp³-hybridized carbons (Fsp3) is 0.353. The first-order valence-corrected chi connectivity index (χ1v) is 15.3. The van der Waals surface area contributed by atoms with Crippen LogP contribution in [0, 0.1) is 11.8 Å². The molecule has 1 fully saturated rings. The average Bonchev–Trinajstić information content (AvgIpc) is 3.45. The summed E-state index contributed by atoms with van der Waals surface area (Å²) in [7, 11) is 0. The van der Waals surface area contributed by atoms with Crippen molar-refractivity contribution >= 4 is 34.8 Å². The van der Waals surface area contributed by atoms with Gasteiger partial charge in [-0.05, 0) is 55.3 Å². The first-order valence-electron chi connectivity index (χ1n) is 15.3. The topological polar surface area (TPSA) is 138 Å². The molecule has 0 aliphatic carbocycles. The molecule has 2 amide bonds. The molecule has 2 aromatic carbocycles. The van der Waals surface area contributed by atoms with E-state index in [0.29, 0.717) is 41.3 Å². The number of piperidine rings is 1. The molecule has 0 radical (unpaired) electrons. The molecule has 1 saturated heterocycles. The number of esters is 1. The van der Waals surface area contributed by atoms with E-state index in [0.717, 1.165) is 18.4 Å². The Hall–Kier alpha value is -5.26. The second-order valence-electron chi connectivity index (χ2n) is 11.7. The molecule has 2 atom stereocenters. The third-order valence-corrected chi connectivity index (χ3v) is 7.52. The molecular weight excluding hydrogens is 588 g/mol. The normalized spacial score (nSPS) is 15.4. The summed E-state index contributed by atoms with van der Waals surface area (Å²) in [5.74, 6) is 0.222. The molecule has 240 valence electrons. The van der Waals surface area contributed by atoms with E-state index in [2.05, 4.69) is 21.9 Å². The zero-order chi connectivity index (χ0) is 32.8. The quantitative estimate of drug-likeness (QED) is 0.121. The Morgan fingerprint density at radius 3 is 2.37 bits per heavy atom. The van der Waals surface area contributed by atoms with Crippen molar-refractivity contribution in [3.8, 4) is 22.8 Å². The van der Waals surface area contributed by atoms with Gasteiger partial charge in [0.2, 0.25) is 5.91 Å². The van der Waals surface area contributed by atoms with Crippen molar-refractivity contribution in [2.45, 2.75) is 52.9 Å². The van der Waals surface area contributed by atoms with Crippen LogP contribution >= 0.6 is 0 Å². The van der Waals surface area contributed by atoms with Crippen LogP contribution in [-0.2, 0) is 19.1 Å². The summed E-state index contributed by atoms with van der Waals surface area (Å²) >= 11 is 0. The van der Waals surface area contributed by atoms with Gasteiger partial charge in [0.25, 0.3) is 6.29 Å². The highest BCUT2D eigenvalue weighted by atomic mass is 16.7. The van der Waals surface area contributed by atoms with Crippen molar-refractivity contribution in [2.24, 2.45) is 11.8 Å². The third kappa shape index (κ3) is 7.33. The van der Waals surface area contributed by atoms with E-state index in [1.165, 1.54) is 12.4 Å². The highest BCUT2D eigenvalue weighted by Crippen LogP contribution is 2.36. The van der Waals surface area contributed by atoms with Crippen molar-refractivity contribution < 1.29 is 28.6 Å². The standard InChI is InChI=1S/C34H38N6O6/c1-6-27(41)39-18-10-11-24(19-39)40-31-28(29(38-40)23-14-16-26(17-15-23)44-25-12-8-7-9-13-25)30(35-20-36-31)37-34(43)46-33(22(4)5)45-32(42)21(2)3/h6-9,12-17,20-22,24,33H,1,10-11,18-19H2,2-5H3,(H,35,36,37,43)/t24-,33+/m1/s1. The van der Waals surface area contributed by atoms with E-state index in [1.54, 1.807) is 37.3 Å².